The molecule has 1 saturated heterocycles. The molecule has 2 aromatic rings. The Bertz CT molecular complexity index is 659. The molecule has 1 amide bonds. The van der Waals surface area contributed by atoms with Gasteiger partial charge in [0, 0.05) is 24.0 Å². The first kappa shape index (κ1) is 19.7. The number of hydrogen-bond donors (Lipinski definition) is 2. The summed E-state index contributed by atoms with van der Waals surface area (Å²) in [6.07, 6.45) is 0.400. The van der Waals surface area contributed by atoms with Gasteiger partial charge in [-0.15, -0.1) is 12.4 Å². The molecule has 1 aliphatic heterocycles. The van der Waals surface area contributed by atoms with E-state index in [4.69, 9.17) is 16.3 Å². The Balaban J connectivity index is 0.00000225. The van der Waals surface area contributed by atoms with E-state index in [1.54, 1.807) is 0 Å². The number of ether oxygens (including phenoxy) is 1. The van der Waals surface area contributed by atoms with Crippen molar-refractivity contribution < 1.29 is 9.53 Å². The number of amides is 1. The predicted molar refractivity (Wildman–Crippen MR) is 102 cm³/mol. The van der Waals surface area contributed by atoms with E-state index in [1.165, 1.54) is 0 Å². The fourth-order valence-electron chi connectivity index (χ4n) is 2.85. The molecule has 2 atom stereocenters. The molecular formula is C19H22Cl2N2O2. The van der Waals surface area contributed by atoms with E-state index in [1.807, 2.05) is 54.6 Å². The van der Waals surface area contributed by atoms with E-state index < -0.39 is 0 Å². The maximum atomic E-state index is 12.5. The average Bonchev–Trinajstić information content (AvgIpc) is 2.62. The van der Waals surface area contributed by atoms with Crippen LogP contribution < -0.4 is 10.6 Å². The molecule has 4 nitrogen and oxygen atoms in total. The van der Waals surface area contributed by atoms with Gasteiger partial charge in [-0.25, -0.2) is 0 Å². The number of rotatable bonds is 5. The van der Waals surface area contributed by atoms with Gasteiger partial charge in [0.15, 0.2) is 0 Å². The zero-order valence-corrected chi connectivity index (χ0v) is 15.4. The number of morpholine rings is 1. The summed E-state index contributed by atoms with van der Waals surface area (Å²) < 4.78 is 5.41. The number of carbonyl (C=O) groups is 1. The van der Waals surface area contributed by atoms with Crippen molar-refractivity contribution in [1.29, 1.82) is 0 Å². The number of nitrogens with one attached hydrogen (secondary N) is 2. The van der Waals surface area contributed by atoms with Crippen LogP contribution in [0.2, 0.25) is 5.02 Å². The Morgan fingerprint density at radius 2 is 1.84 bits per heavy atom. The van der Waals surface area contributed by atoms with E-state index in [-0.39, 0.29) is 30.4 Å². The monoisotopic (exact) mass is 380 g/mol. The lowest BCUT2D eigenvalue weighted by Crippen LogP contribution is -2.44. The van der Waals surface area contributed by atoms with E-state index >= 15 is 0 Å². The summed E-state index contributed by atoms with van der Waals surface area (Å²) in [6, 6.07) is 17.4. The van der Waals surface area contributed by atoms with Gasteiger partial charge >= 0.3 is 0 Å². The lowest BCUT2D eigenvalue weighted by Gasteiger charge is -2.25. The van der Waals surface area contributed by atoms with Crippen molar-refractivity contribution in [3.8, 4) is 0 Å². The minimum absolute atomic E-state index is 0. The molecule has 0 spiro atoms. The smallest absolute Gasteiger partial charge is 0.222 e. The molecule has 0 radical (unpaired) electrons. The quantitative estimate of drug-likeness (QED) is 0.835. The Labute approximate surface area is 159 Å². The first-order valence-electron chi connectivity index (χ1n) is 8.13. The molecule has 0 saturated carbocycles. The molecule has 3 rings (SSSR count). The minimum Gasteiger partial charge on any atom is -0.378 e. The Morgan fingerprint density at radius 1 is 1.16 bits per heavy atom. The van der Waals surface area contributed by atoms with Crippen LogP contribution in [0.1, 0.15) is 23.6 Å². The summed E-state index contributed by atoms with van der Waals surface area (Å²) >= 11 is 5.99. The molecule has 134 valence electrons. The minimum atomic E-state index is -0.194. The number of carbonyl (C=O) groups excluding carboxylic acids is 1. The van der Waals surface area contributed by atoms with E-state index in [0.717, 1.165) is 17.7 Å². The lowest BCUT2D eigenvalue weighted by molar-refractivity contribution is -0.122. The number of benzene rings is 2. The molecule has 1 aliphatic rings. The maximum absolute atomic E-state index is 12.5. The molecular weight excluding hydrogens is 359 g/mol. The Morgan fingerprint density at radius 3 is 2.48 bits per heavy atom. The zero-order valence-electron chi connectivity index (χ0n) is 13.8. The fraction of sp³-hybridized carbons (Fsp3) is 0.316. The standard InChI is InChI=1S/C19H21ClN2O2.ClH/c20-16-8-6-15(7-9-16)19(14-4-2-1-3-5-14)22-18(23)12-17-13-24-11-10-21-17;/h1-9,17,19,21H,10-13H2,(H,22,23);1H. The van der Waals surface area contributed by atoms with Crippen molar-refractivity contribution in [2.24, 2.45) is 0 Å². The average molecular weight is 381 g/mol. The predicted octanol–water partition coefficient (Wildman–Crippen LogP) is 3.35. The van der Waals surface area contributed by atoms with E-state index in [9.17, 15) is 4.79 Å². The van der Waals surface area contributed by atoms with Crippen LogP contribution in [-0.4, -0.2) is 31.7 Å². The van der Waals surface area contributed by atoms with Crippen molar-refractivity contribution in [2.75, 3.05) is 19.8 Å². The Kier molecular flexibility index (Phi) is 7.72. The maximum Gasteiger partial charge on any atom is 0.222 e. The van der Waals surface area contributed by atoms with Gasteiger partial charge < -0.3 is 15.4 Å². The summed E-state index contributed by atoms with van der Waals surface area (Å²) in [5.41, 5.74) is 2.05. The summed E-state index contributed by atoms with van der Waals surface area (Å²) in [5, 5.41) is 7.13. The summed E-state index contributed by atoms with van der Waals surface area (Å²) in [7, 11) is 0. The van der Waals surface area contributed by atoms with Crippen molar-refractivity contribution in [3.05, 3.63) is 70.7 Å². The van der Waals surface area contributed by atoms with Gasteiger partial charge in [0.2, 0.25) is 5.91 Å². The van der Waals surface area contributed by atoms with Crippen LogP contribution in [0.4, 0.5) is 0 Å². The highest BCUT2D eigenvalue weighted by molar-refractivity contribution is 6.30. The first-order chi connectivity index (χ1) is 11.7. The van der Waals surface area contributed by atoms with Crippen molar-refractivity contribution in [3.63, 3.8) is 0 Å². The Hall–Kier alpha value is -1.59. The molecule has 25 heavy (non-hydrogen) atoms. The van der Waals surface area contributed by atoms with Gasteiger partial charge in [-0.1, -0.05) is 54.1 Å². The van der Waals surface area contributed by atoms with Crippen molar-refractivity contribution >= 4 is 29.9 Å². The normalized spacial score (nSPS) is 18.0. The topological polar surface area (TPSA) is 50.4 Å². The van der Waals surface area contributed by atoms with Crippen LogP contribution in [0.3, 0.4) is 0 Å². The lowest BCUT2D eigenvalue weighted by atomic mass is 9.98. The van der Waals surface area contributed by atoms with Gasteiger partial charge in [0.25, 0.3) is 0 Å². The SMILES string of the molecule is Cl.O=C(CC1COCCN1)NC(c1ccccc1)c1ccc(Cl)cc1. The van der Waals surface area contributed by atoms with Crippen LogP contribution in [0, 0.1) is 0 Å². The summed E-state index contributed by atoms with van der Waals surface area (Å²) in [4.78, 5) is 12.5. The second-order valence-corrected chi connectivity index (χ2v) is 6.33. The van der Waals surface area contributed by atoms with Crippen LogP contribution in [-0.2, 0) is 9.53 Å². The molecule has 6 heteroatoms. The number of halogens is 2. The molecule has 2 N–H and O–H groups in total. The van der Waals surface area contributed by atoms with Crippen LogP contribution >= 0.6 is 24.0 Å². The molecule has 1 fully saturated rings. The third-order valence-electron chi connectivity index (χ3n) is 4.07. The van der Waals surface area contributed by atoms with Gasteiger partial charge in [0.1, 0.15) is 0 Å². The third-order valence-corrected chi connectivity index (χ3v) is 4.32. The molecule has 2 aromatic carbocycles. The van der Waals surface area contributed by atoms with Gasteiger partial charge in [-0.05, 0) is 23.3 Å². The highest BCUT2D eigenvalue weighted by Gasteiger charge is 2.21. The fourth-order valence-corrected chi connectivity index (χ4v) is 2.98. The van der Waals surface area contributed by atoms with Crippen molar-refractivity contribution in [2.45, 2.75) is 18.5 Å². The molecule has 1 heterocycles. The highest BCUT2D eigenvalue weighted by Crippen LogP contribution is 2.23. The highest BCUT2D eigenvalue weighted by atomic mass is 35.5. The second-order valence-electron chi connectivity index (χ2n) is 5.89. The largest absolute Gasteiger partial charge is 0.378 e. The van der Waals surface area contributed by atoms with Crippen LogP contribution in [0.15, 0.2) is 54.6 Å². The molecule has 0 bridgehead atoms. The van der Waals surface area contributed by atoms with Gasteiger partial charge in [0.05, 0.1) is 19.3 Å². The van der Waals surface area contributed by atoms with Gasteiger partial charge in [-0.2, -0.15) is 0 Å². The summed E-state index contributed by atoms with van der Waals surface area (Å²) in [5.74, 6) is 0.00167. The summed E-state index contributed by atoms with van der Waals surface area (Å²) in [6.45, 7) is 2.07. The second kappa shape index (κ2) is 9.78. The molecule has 2 unspecified atom stereocenters. The van der Waals surface area contributed by atoms with Crippen LogP contribution in [0.25, 0.3) is 0 Å². The van der Waals surface area contributed by atoms with E-state index in [2.05, 4.69) is 10.6 Å². The zero-order chi connectivity index (χ0) is 16.8. The van der Waals surface area contributed by atoms with Crippen molar-refractivity contribution in [1.82, 2.24) is 10.6 Å². The first-order valence-corrected chi connectivity index (χ1v) is 8.51. The van der Waals surface area contributed by atoms with Crippen LogP contribution in [0.5, 0.6) is 0 Å². The van der Waals surface area contributed by atoms with E-state index in [0.29, 0.717) is 24.7 Å². The molecule has 0 aliphatic carbocycles. The third kappa shape index (κ3) is 5.72. The number of hydrogen-bond acceptors (Lipinski definition) is 3. The molecule has 0 aromatic heterocycles. The van der Waals surface area contributed by atoms with Gasteiger partial charge in [-0.3, -0.25) is 4.79 Å².